The van der Waals surface area contributed by atoms with Crippen LogP contribution in [0.25, 0.3) is 5.57 Å². The molecular weight excluding hydrogens is 427 g/mol. The molecule has 28 heavy (non-hydrogen) atoms. The summed E-state index contributed by atoms with van der Waals surface area (Å²) in [6, 6.07) is 4.04. The van der Waals surface area contributed by atoms with Gasteiger partial charge >= 0.3 is 24.7 Å². The van der Waals surface area contributed by atoms with Gasteiger partial charge in [0.2, 0.25) is 5.41 Å². The number of hydrogen-bond acceptors (Lipinski definition) is 0. The Morgan fingerprint density at radius 2 is 1.04 bits per heavy atom. The molecule has 13 heteroatoms. The fraction of sp³-hybridized carbons (Fsp3) is 0.333. The predicted molar refractivity (Wildman–Crippen MR) is 68.1 cm³/mol. The van der Waals surface area contributed by atoms with Gasteiger partial charge in [0, 0.05) is 11.1 Å². The maximum Gasteiger partial charge on any atom is 0.421 e. The molecule has 1 aliphatic carbocycles. The van der Waals surface area contributed by atoms with E-state index in [1.165, 1.54) is 0 Å². The molecule has 0 heterocycles. The molecule has 0 saturated carbocycles. The lowest BCUT2D eigenvalue weighted by atomic mass is 9.60. The second kappa shape index (κ2) is 6.14. The lowest BCUT2D eigenvalue weighted by Crippen LogP contribution is -2.58. The van der Waals surface area contributed by atoms with Crippen molar-refractivity contribution in [3.63, 3.8) is 0 Å². The van der Waals surface area contributed by atoms with Gasteiger partial charge in [-0.25, -0.2) is 4.39 Å². The first kappa shape index (κ1) is 22.1. The van der Waals surface area contributed by atoms with Gasteiger partial charge in [0.15, 0.2) is 0 Å². The fourth-order valence-corrected chi connectivity index (χ4v) is 2.86. The second-order valence-corrected chi connectivity index (χ2v) is 5.55. The Morgan fingerprint density at radius 1 is 0.643 bits per heavy atom. The van der Waals surface area contributed by atoms with Gasteiger partial charge in [0.1, 0.15) is 11.4 Å². The van der Waals surface area contributed by atoms with Crippen LogP contribution in [0.3, 0.4) is 0 Å². The summed E-state index contributed by atoms with van der Waals surface area (Å²) in [6.45, 7) is 0. The van der Waals surface area contributed by atoms with Gasteiger partial charge in [-0.15, -0.1) is 0 Å². The molecule has 0 amide bonds. The molecule has 0 radical (unpaired) electrons. The molecule has 2 rings (SSSR count). The van der Waals surface area contributed by atoms with Crippen LogP contribution in [0.2, 0.25) is 0 Å². The van der Waals surface area contributed by atoms with Crippen molar-refractivity contribution in [2.45, 2.75) is 24.7 Å². The summed E-state index contributed by atoms with van der Waals surface area (Å²) in [5, 5.41) is 0. The summed E-state index contributed by atoms with van der Waals surface area (Å²) in [4.78, 5) is 0. The number of halogens is 13. The third-order valence-electron chi connectivity index (χ3n) is 3.90. The van der Waals surface area contributed by atoms with Crippen LogP contribution in [0.5, 0.6) is 0 Å². The average Bonchev–Trinajstić information content (AvgIpc) is 2.42. The normalized spacial score (nSPS) is 18.2. The highest BCUT2D eigenvalue weighted by Crippen LogP contribution is 2.72. The standard InChI is InChI=1S/C15H5F13/c16-10-7(6-4-2-1-3-5-6)8(9(12(17,18)19)13(20,21)22)11(10,14(23,24)25)15(26,27)28/h1-5H. The highest BCUT2D eigenvalue weighted by atomic mass is 19.4. The van der Waals surface area contributed by atoms with E-state index >= 15 is 0 Å². The molecule has 0 spiro atoms. The summed E-state index contributed by atoms with van der Waals surface area (Å²) in [5.41, 5.74) is -16.5. The number of alkyl halides is 12. The molecule has 1 aliphatic rings. The monoisotopic (exact) mass is 432 g/mol. The van der Waals surface area contributed by atoms with Crippen LogP contribution in [-0.2, 0) is 0 Å². The minimum absolute atomic E-state index is 0.579. The first-order valence-corrected chi connectivity index (χ1v) is 6.87. The van der Waals surface area contributed by atoms with Crippen molar-refractivity contribution < 1.29 is 57.1 Å². The van der Waals surface area contributed by atoms with Gasteiger partial charge < -0.3 is 0 Å². The molecule has 0 atom stereocenters. The molecular formula is C15H5F13. The SMILES string of the molecule is FC1=C(c2ccccc2)C(=C(C(F)(F)F)C(F)(F)F)C1(C(F)(F)F)C(F)(F)F. The quantitative estimate of drug-likeness (QED) is 0.423. The average molecular weight is 432 g/mol. The number of benzene rings is 1. The van der Waals surface area contributed by atoms with Gasteiger partial charge in [-0.3, -0.25) is 0 Å². The molecule has 0 N–H and O–H groups in total. The Labute approximate surface area is 146 Å². The van der Waals surface area contributed by atoms with Gasteiger partial charge in [0.05, 0.1) is 0 Å². The van der Waals surface area contributed by atoms with E-state index < -0.39 is 58.2 Å². The van der Waals surface area contributed by atoms with Gasteiger partial charge in [0.25, 0.3) is 0 Å². The highest BCUT2D eigenvalue weighted by Gasteiger charge is 2.83. The zero-order valence-electron chi connectivity index (χ0n) is 12.8. The van der Waals surface area contributed by atoms with Crippen LogP contribution in [0.4, 0.5) is 57.1 Å². The summed E-state index contributed by atoms with van der Waals surface area (Å²) in [6.07, 6.45) is -27.1. The fourth-order valence-electron chi connectivity index (χ4n) is 2.86. The van der Waals surface area contributed by atoms with E-state index in [9.17, 15) is 57.1 Å². The van der Waals surface area contributed by atoms with Gasteiger partial charge in [-0.1, -0.05) is 30.3 Å². The summed E-state index contributed by atoms with van der Waals surface area (Å²) in [7, 11) is 0. The lowest BCUT2D eigenvalue weighted by Gasteiger charge is -2.47. The number of allylic oxidation sites excluding steroid dienone is 4. The smallest absolute Gasteiger partial charge is 0.209 e. The zero-order chi connectivity index (χ0) is 21.9. The van der Waals surface area contributed by atoms with Gasteiger partial charge in [-0.2, -0.15) is 52.7 Å². The minimum Gasteiger partial charge on any atom is -0.209 e. The van der Waals surface area contributed by atoms with Crippen LogP contribution < -0.4 is 0 Å². The van der Waals surface area contributed by atoms with E-state index in [4.69, 9.17) is 0 Å². The van der Waals surface area contributed by atoms with Crippen LogP contribution in [0.1, 0.15) is 5.56 Å². The second-order valence-electron chi connectivity index (χ2n) is 5.55. The third-order valence-corrected chi connectivity index (χ3v) is 3.90. The Kier molecular flexibility index (Phi) is 4.84. The minimum atomic E-state index is -6.87. The topological polar surface area (TPSA) is 0 Å². The molecule has 1 aromatic rings. The van der Waals surface area contributed by atoms with Gasteiger partial charge in [-0.05, 0) is 5.56 Å². The number of rotatable bonds is 1. The Hall–Kier alpha value is -2.21. The van der Waals surface area contributed by atoms with Crippen molar-refractivity contribution in [1.82, 2.24) is 0 Å². The molecule has 156 valence electrons. The van der Waals surface area contributed by atoms with Crippen molar-refractivity contribution in [3.05, 3.63) is 52.9 Å². The first-order chi connectivity index (χ1) is 12.4. The maximum absolute atomic E-state index is 14.2. The van der Waals surface area contributed by atoms with E-state index in [1.807, 2.05) is 0 Å². The Bertz CT molecular complexity index is 783. The summed E-state index contributed by atoms with van der Waals surface area (Å²) >= 11 is 0. The highest BCUT2D eigenvalue weighted by molar-refractivity contribution is 5.93. The predicted octanol–water partition coefficient (Wildman–Crippen LogP) is 6.91. The van der Waals surface area contributed by atoms with E-state index in [0.717, 1.165) is 18.2 Å². The molecule has 0 fully saturated rings. The molecule has 0 bridgehead atoms. The van der Waals surface area contributed by atoms with E-state index in [2.05, 4.69) is 0 Å². The van der Waals surface area contributed by atoms with Crippen molar-refractivity contribution in [2.24, 2.45) is 5.41 Å². The number of hydrogen-bond donors (Lipinski definition) is 0. The molecule has 0 saturated heterocycles. The van der Waals surface area contributed by atoms with Crippen molar-refractivity contribution in [2.75, 3.05) is 0 Å². The van der Waals surface area contributed by atoms with Crippen LogP contribution in [-0.4, -0.2) is 24.7 Å². The Balaban J connectivity index is 3.13. The molecule has 0 aromatic heterocycles. The van der Waals surface area contributed by atoms with E-state index in [1.54, 1.807) is 0 Å². The largest absolute Gasteiger partial charge is 0.421 e. The zero-order valence-corrected chi connectivity index (χ0v) is 12.8. The van der Waals surface area contributed by atoms with Crippen LogP contribution in [0.15, 0.2) is 47.3 Å². The van der Waals surface area contributed by atoms with E-state index in [0.29, 0.717) is 12.1 Å². The van der Waals surface area contributed by atoms with Crippen LogP contribution >= 0.6 is 0 Å². The molecule has 0 aliphatic heterocycles. The first-order valence-electron chi connectivity index (χ1n) is 6.87. The molecule has 0 unspecified atom stereocenters. The van der Waals surface area contributed by atoms with Crippen molar-refractivity contribution in [3.8, 4) is 0 Å². The van der Waals surface area contributed by atoms with Crippen LogP contribution in [0, 0.1) is 5.41 Å². The summed E-state index contributed by atoms with van der Waals surface area (Å²) in [5.74, 6) is -3.19. The lowest BCUT2D eigenvalue weighted by molar-refractivity contribution is -0.320. The molecule has 1 aromatic carbocycles. The molecule has 0 nitrogen and oxygen atoms in total. The summed E-state index contributed by atoms with van der Waals surface area (Å²) < 4.78 is 171. The Morgan fingerprint density at radius 3 is 1.36 bits per heavy atom. The van der Waals surface area contributed by atoms with Crippen molar-refractivity contribution in [1.29, 1.82) is 0 Å². The maximum atomic E-state index is 14.2. The van der Waals surface area contributed by atoms with E-state index in [-0.39, 0.29) is 0 Å². The third kappa shape index (κ3) is 3.04. The van der Waals surface area contributed by atoms with Crippen molar-refractivity contribution >= 4 is 5.57 Å².